The molecule has 0 radical (unpaired) electrons. The smallest absolute Gasteiger partial charge is 0.305 e. The van der Waals surface area contributed by atoms with Crippen LogP contribution in [-0.4, -0.2) is 47.4 Å². The maximum Gasteiger partial charge on any atom is 0.305 e. The van der Waals surface area contributed by atoms with Crippen LogP contribution in [-0.2, 0) is 14.3 Å². The van der Waals surface area contributed by atoms with Crippen LogP contribution in [0.3, 0.4) is 0 Å². The fourth-order valence-electron chi connectivity index (χ4n) is 12.6. The zero-order valence-electron chi connectivity index (χ0n) is 57.4. The molecule has 84 heavy (non-hydrogen) atoms. The molecular formula is C78H153NO5. The average molecular weight is 1190 g/mol. The lowest BCUT2D eigenvalue weighted by atomic mass is 10.0. The van der Waals surface area contributed by atoms with Crippen LogP contribution < -0.4 is 5.32 Å². The van der Waals surface area contributed by atoms with E-state index in [4.69, 9.17) is 4.74 Å². The molecule has 6 heteroatoms. The topological polar surface area (TPSA) is 95.9 Å². The van der Waals surface area contributed by atoms with Gasteiger partial charge in [0.05, 0.1) is 25.4 Å². The van der Waals surface area contributed by atoms with Crippen molar-refractivity contribution in [3.8, 4) is 0 Å². The van der Waals surface area contributed by atoms with Gasteiger partial charge in [-0.15, -0.1) is 0 Å². The second-order valence-electron chi connectivity index (χ2n) is 27.1. The van der Waals surface area contributed by atoms with Crippen LogP contribution in [0.1, 0.15) is 450 Å². The van der Waals surface area contributed by atoms with Crippen LogP contribution in [0.5, 0.6) is 0 Å². The number of allylic oxidation sites excluding steroid dienone is 1. The Morgan fingerprint density at radius 3 is 0.810 bits per heavy atom. The highest BCUT2D eigenvalue weighted by Crippen LogP contribution is 2.20. The third-order valence-electron chi connectivity index (χ3n) is 18.6. The average Bonchev–Trinajstić information content (AvgIpc) is 3.53. The number of amides is 1. The molecule has 2 atom stereocenters. The molecular weight excluding hydrogens is 1030 g/mol. The summed E-state index contributed by atoms with van der Waals surface area (Å²) < 4.78 is 5.51. The number of hydrogen-bond donors (Lipinski definition) is 3. The Bertz CT molecular complexity index is 1270. The summed E-state index contributed by atoms with van der Waals surface area (Å²) in [6.07, 6.45) is 93.3. The molecule has 0 aliphatic heterocycles. The lowest BCUT2D eigenvalue weighted by Gasteiger charge is -2.20. The van der Waals surface area contributed by atoms with Gasteiger partial charge in [0.25, 0.3) is 0 Å². The van der Waals surface area contributed by atoms with Crippen LogP contribution >= 0.6 is 0 Å². The quantitative estimate of drug-likeness (QED) is 0.0320. The summed E-state index contributed by atoms with van der Waals surface area (Å²) in [6.45, 7) is 4.96. The van der Waals surface area contributed by atoms with Crippen molar-refractivity contribution in [1.29, 1.82) is 0 Å². The maximum atomic E-state index is 12.5. The van der Waals surface area contributed by atoms with Crippen LogP contribution in [0, 0.1) is 0 Å². The van der Waals surface area contributed by atoms with Crippen molar-refractivity contribution >= 4 is 11.9 Å². The van der Waals surface area contributed by atoms with Crippen molar-refractivity contribution in [1.82, 2.24) is 5.32 Å². The monoisotopic (exact) mass is 1180 g/mol. The number of ether oxygens (including phenoxy) is 1. The minimum atomic E-state index is -0.841. The number of hydrogen-bond acceptors (Lipinski definition) is 5. The number of carbonyl (C=O) groups excluding carboxylic acids is 2. The molecule has 0 spiro atoms. The molecule has 0 aromatic carbocycles. The first-order valence-corrected chi connectivity index (χ1v) is 39.0. The summed E-state index contributed by atoms with van der Waals surface area (Å²) in [5, 5.41) is 23.3. The van der Waals surface area contributed by atoms with E-state index in [9.17, 15) is 19.8 Å². The predicted molar refractivity (Wildman–Crippen MR) is 370 cm³/mol. The third-order valence-corrected chi connectivity index (χ3v) is 18.6. The number of aliphatic hydroxyl groups excluding tert-OH is 2. The van der Waals surface area contributed by atoms with E-state index in [1.807, 2.05) is 6.08 Å². The molecule has 6 nitrogen and oxygen atoms in total. The highest BCUT2D eigenvalue weighted by atomic mass is 16.5. The first-order chi connectivity index (χ1) is 41.5. The van der Waals surface area contributed by atoms with Crippen LogP contribution in [0.2, 0.25) is 0 Å². The molecule has 0 saturated heterocycles. The van der Waals surface area contributed by atoms with Crippen LogP contribution in [0.15, 0.2) is 12.2 Å². The van der Waals surface area contributed by atoms with E-state index in [0.29, 0.717) is 19.4 Å². The normalized spacial score (nSPS) is 12.5. The van der Waals surface area contributed by atoms with Gasteiger partial charge in [0, 0.05) is 12.8 Å². The van der Waals surface area contributed by atoms with Gasteiger partial charge in [-0.3, -0.25) is 9.59 Å². The highest BCUT2D eigenvalue weighted by molar-refractivity contribution is 5.76. The summed E-state index contributed by atoms with van der Waals surface area (Å²) >= 11 is 0. The van der Waals surface area contributed by atoms with Gasteiger partial charge in [0.1, 0.15) is 0 Å². The zero-order chi connectivity index (χ0) is 60.6. The van der Waals surface area contributed by atoms with E-state index >= 15 is 0 Å². The van der Waals surface area contributed by atoms with E-state index in [1.54, 1.807) is 6.08 Å². The van der Waals surface area contributed by atoms with Gasteiger partial charge in [-0.1, -0.05) is 418 Å². The summed E-state index contributed by atoms with van der Waals surface area (Å²) in [7, 11) is 0. The Labute approximate surface area is 527 Å². The molecule has 0 heterocycles. The summed E-state index contributed by atoms with van der Waals surface area (Å²) in [5.41, 5.74) is 0. The molecule has 0 saturated carbocycles. The number of nitrogens with one attached hydrogen (secondary N) is 1. The Morgan fingerprint density at radius 2 is 0.548 bits per heavy atom. The van der Waals surface area contributed by atoms with Crippen LogP contribution in [0.25, 0.3) is 0 Å². The Hall–Kier alpha value is -1.40. The molecule has 0 aliphatic carbocycles. The first kappa shape index (κ1) is 82.6. The standard InChI is InChI=1S/C78H153NO5/c1-3-5-7-9-11-13-15-17-19-20-21-36-39-43-46-50-54-58-62-66-70-76(81)75(74-80)79-77(82)71-67-63-59-55-51-47-44-40-37-34-32-30-28-26-24-22-23-25-27-29-31-33-35-38-41-45-49-53-57-61-65-69-73-84-78(83)72-68-64-60-56-52-48-42-18-16-14-12-10-8-6-4-2/h66,70,75-76,80-81H,3-65,67-69,71-74H2,1-2H3,(H,79,82)/b70-66+. The maximum absolute atomic E-state index is 12.5. The van der Waals surface area contributed by atoms with E-state index in [1.165, 1.54) is 385 Å². The molecule has 0 aliphatic rings. The highest BCUT2D eigenvalue weighted by Gasteiger charge is 2.18. The van der Waals surface area contributed by atoms with Crippen molar-refractivity contribution in [2.75, 3.05) is 13.2 Å². The van der Waals surface area contributed by atoms with Gasteiger partial charge in [0.2, 0.25) is 5.91 Å². The van der Waals surface area contributed by atoms with E-state index < -0.39 is 12.1 Å². The largest absolute Gasteiger partial charge is 0.466 e. The fraction of sp³-hybridized carbons (Fsp3) is 0.949. The minimum Gasteiger partial charge on any atom is -0.466 e. The van der Waals surface area contributed by atoms with E-state index in [-0.39, 0.29) is 18.5 Å². The van der Waals surface area contributed by atoms with Crippen LogP contribution in [0.4, 0.5) is 0 Å². The predicted octanol–water partition coefficient (Wildman–Crippen LogP) is 25.5. The van der Waals surface area contributed by atoms with Gasteiger partial charge in [0.15, 0.2) is 0 Å². The number of carbonyl (C=O) groups is 2. The van der Waals surface area contributed by atoms with Gasteiger partial charge < -0.3 is 20.3 Å². The Morgan fingerprint density at radius 1 is 0.321 bits per heavy atom. The molecule has 3 N–H and O–H groups in total. The molecule has 500 valence electrons. The molecule has 0 aromatic rings. The van der Waals surface area contributed by atoms with Crippen molar-refractivity contribution in [2.45, 2.75) is 463 Å². The van der Waals surface area contributed by atoms with Gasteiger partial charge in [-0.05, 0) is 32.1 Å². The summed E-state index contributed by atoms with van der Waals surface area (Å²) in [5.74, 6) is -0.0335. The fourth-order valence-corrected chi connectivity index (χ4v) is 12.6. The SMILES string of the molecule is CCCCCCCCCCCCCCCCCCCC/C=C/C(O)C(CO)NC(=O)CCCCCCCCCCCCCCCCCCCCCCCCCCCCCCCCCCOC(=O)CCCCCCCCCCCCCCCCC. The first-order valence-electron chi connectivity index (χ1n) is 39.0. The van der Waals surface area contributed by atoms with Gasteiger partial charge >= 0.3 is 5.97 Å². The van der Waals surface area contributed by atoms with E-state index in [2.05, 4.69) is 19.2 Å². The lowest BCUT2D eigenvalue weighted by molar-refractivity contribution is -0.143. The third kappa shape index (κ3) is 69.7. The van der Waals surface area contributed by atoms with Crippen molar-refractivity contribution in [3.63, 3.8) is 0 Å². The molecule has 1 amide bonds. The van der Waals surface area contributed by atoms with E-state index in [0.717, 1.165) is 38.5 Å². The molecule has 0 aromatic heterocycles. The number of rotatable bonds is 74. The van der Waals surface area contributed by atoms with Gasteiger partial charge in [-0.2, -0.15) is 0 Å². The Balaban J connectivity index is 3.33. The Kier molecular flexibility index (Phi) is 72.8. The van der Waals surface area contributed by atoms with Gasteiger partial charge in [-0.25, -0.2) is 0 Å². The number of esters is 1. The second-order valence-corrected chi connectivity index (χ2v) is 27.1. The number of unbranched alkanes of at least 4 members (excludes halogenated alkanes) is 63. The summed E-state index contributed by atoms with van der Waals surface area (Å²) in [6, 6.07) is -0.624. The minimum absolute atomic E-state index is 0.0250. The summed E-state index contributed by atoms with van der Waals surface area (Å²) in [4.78, 5) is 24.6. The van der Waals surface area contributed by atoms with Crippen molar-refractivity contribution in [2.24, 2.45) is 0 Å². The molecule has 0 bridgehead atoms. The second kappa shape index (κ2) is 74.1. The van der Waals surface area contributed by atoms with Crippen molar-refractivity contribution < 1.29 is 24.5 Å². The van der Waals surface area contributed by atoms with Crippen molar-refractivity contribution in [3.05, 3.63) is 12.2 Å². The lowest BCUT2D eigenvalue weighted by Crippen LogP contribution is -2.45. The zero-order valence-corrected chi connectivity index (χ0v) is 57.4. The number of aliphatic hydroxyl groups is 2. The molecule has 0 rings (SSSR count). The molecule has 2 unspecified atom stereocenters. The molecule has 0 fully saturated rings.